The van der Waals surface area contributed by atoms with Crippen LogP contribution in [0.2, 0.25) is 0 Å². The predicted molar refractivity (Wildman–Crippen MR) is 82.2 cm³/mol. The van der Waals surface area contributed by atoms with Crippen LogP contribution < -0.4 is 18.9 Å². The maximum atomic E-state index is 12.3. The maximum absolute atomic E-state index is 12.3. The quantitative estimate of drug-likeness (QED) is 0.627. The van der Waals surface area contributed by atoms with E-state index in [4.69, 9.17) is 18.9 Å². The van der Waals surface area contributed by atoms with Gasteiger partial charge < -0.3 is 18.9 Å². The zero-order valence-corrected chi connectivity index (χ0v) is 13.0. The molecular formula is C17H18O5. The average molecular weight is 302 g/mol. The van der Waals surface area contributed by atoms with Crippen LogP contribution in [-0.2, 0) is 0 Å². The first-order valence-electron chi connectivity index (χ1n) is 6.68. The maximum Gasteiger partial charge on any atom is 0.347 e. The summed E-state index contributed by atoms with van der Waals surface area (Å²) in [5, 5.41) is 0. The van der Waals surface area contributed by atoms with Gasteiger partial charge in [-0.25, -0.2) is 4.79 Å². The molecule has 0 bridgehead atoms. The Bertz CT molecular complexity index is 661. The third-order valence-corrected chi connectivity index (χ3v) is 3.16. The highest BCUT2D eigenvalue weighted by atomic mass is 16.5. The van der Waals surface area contributed by atoms with E-state index in [2.05, 4.69) is 0 Å². The van der Waals surface area contributed by atoms with Crippen LogP contribution in [0.15, 0.2) is 36.4 Å². The van der Waals surface area contributed by atoms with Crippen molar-refractivity contribution in [1.29, 1.82) is 0 Å². The van der Waals surface area contributed by atoms with Gasteiger partial charge in [-0.05, 0) is 31.2 Å². The summed E-state index contributed by atoms with van der Waals surface area (Å²) in [6, 6.07) is 10.4. The van der Waals surface area contributed by atoms with Gasteiger partial charge in [0, 0.05) is 0 Å². The molecule has 116 valence electrons. The van der Waals surface area contributed by atoms with Gasteiger partial charge in [-0.3, -0.25) is 0 Å². The second-order valence-electron chi connectivity index (χ2n) is 4.58. The molecule has 0 amide bonds. The van der Waals surface area contributed by atoms with Gasteiger partial charge >= 0.3 is 5.97 Å². The number of rotatable bonds is 5. The molecule has 0 saturated carbocycles. The zero-order valence-electron chi connectivity index (χ0n) is 13.0. The standard InChI is InChI=1S/C17H18O5/c1-11-5-7-12(8-6-11)22-17(18)13-9-10-14(19-2)16(21-4)15(13)20-3/h5-10H,1-4H3. The minimum atomic E-state index is -0.526. The average Bonchev–Trinajstić information content (AvgIpc) is 2.55. The molecule has 2 aromatic carbocycles. The van der Waals surface area contributed by atoms with Crippen molar-refractivity contribution in [3.63, 3.8) is 0 Å². The molecule has 5 heteroatoms. The monoisotopic (exact) mass is 302 g/mol. The molecule has 0 aromatic heterocycles. The van der Waals surface area contributed by atoms with Crippen molar-refractivity contribution in [1.82, 2.24) is 0 Å². The van der Waals surface area contributed by atoms with E-state index in [1.54, 1.807) is 24.3 Å². The van der Waals surface area contributed by atoms with Crippen molar-refractivity contribution in [3.8, 4) is 23.0 Å². The number of hydrogen-bond acceptors (Lipinski definition) is 5. The molecule has 0 aliphatic carbocycles. The zero-order chi connectivity index (χ0) is 16.1. The Balaban J connectivity index is 2.34. The summed E-state index contributed by atoms with van der Waals surface area (Å²) in [7, 11) is 4.46. The minimum absolute atomic E-state index is 0.265. The van der Waals surface area contributed by atoms with E-state index in [1.807, 2.05) is 19.1 Å². The van der Waals surface area contributed by atoms with Crippen molar-refractivity contribution in [2.45, 2.75) is 6.92 Å². The number of ether oxygens (including phenoxy) is 4. The predicted octanol–water partition coefficient (Wildman–Crippen LogP) is 3.24. The van der Waals surface area contributed by atoms with Crippen molar-refractivity contribution >= 4 is 5.97 Å². The van der Waals surface area contributed by atoms with E-state index in [1.165, 1.54) is 21.3 Å². The highest BCUT2D eigenvalue weighted by molar-refractivity contribution is 5.95. The number of benzene rings is 2. The molecule has 5 nitrogen and oxygen atoms in total. The van der Waals surface area contributed by atoms with E-state index in [0.717, 1.165) is 5.56 Å². The minimum Gasteiger partial charge on any atom is -0.493 e. The van der Waals surface area contributed by atoms with Crippen molar-refractivity contribution in [3.05, 3.63) is 47.5 Å². The molecule has 2 rings (SSSR count). The normalized spacial score (nSPS) is 10.0. The van der Waals surface area contributed by atoms with Crippen LogP contribution in [0.5, 0.6) is 23.0 Å². The first kappa shape index (κ1) is 15.7. The lowest BCUT2D eigenvalue weighted by atomic mass is 10.1. The molecular weight excluding hydrogens is 284 g/mol. The summed E-state index contributed by atoms with van der Waals surface area (Å²) in [6.45, 7) is 1.96. The second kappa shape index (κ2) is 6.85. The third-order valence-electron chi connectivity index (χ3n) is 3.16. The van der Waals surface area contributed by atoms with Gasteiger partial charge in [0.05, 0.1) is 21.3 Å². The first-order valence-corrected chi connectivity index (χ1v) is 6.68. The molecule has 0 heterocycles. The van der Waals surface area contributed by atoms with Gasteiger partial charge in [0.25, 0.3) is 0 Å². The topological polar surface area (TPSA) is 54.0 Å². The van der Waals surface area contributed by atoms with Crippen LogP contribution in [0.3, 0.4) is 0 Å². The smallest absolute Gasteiger partial charge is 0.347 e. The summed E-state index contributed by atoms with van der Waals surface area (Å²) in [4.78, 5) is 12.3. The summed E-state index contributed by atoms with van der Waals surface area (Å²) in [5.74, 6) is 1.04. The fraction of sp³-hybridized carbons (Fsp3) is 0.235. The lowest BCUT2D eigenvalue weighted by molar-refractivity contribution is 0.0730. The number of carbonyl (C=O) groups excluding carboxylic acids is 1. The van der Waals surface area contributed by atoms with Crippen LogP contribution in [0.25, 0.3) is 0 Å². The summed E-state index contributed by atoms with van der Waals surface area (Å²) in [6.07, 6.45) is 0. The van der Waals surface area contributed by atoms with E-state index in [9.17, 15) is 4.79 Å². The first-order chi connectivity index (χ1) is 10.6. The highest BCUT2D eigenvalue weighted by Gasteiger charge is 2.22. The molecule has 22 heavy (non-hydrogen) atoms. The number of methoxy groups -OCH3 is 3. The van der Waals surface area contributed by atoms with Gasteiger partial charge in [-0.2, -0.15) is 0 Å². The molecule has 0 unspecified atom stereocenters. The Kier molecular flexibility index (Phi) is 4.88. The second-order valence-corrected chi connectivity index (χ2v) is 4.58. The largest absolute Gasteiger partial charge is 0.493 e. The fourth-order valence-corrected chi connectivity index (χ4v) is 2.03. The van der Waals surface area contributed by atoms with Gasteiger partial charge in [-0.15, -0.1) is 0 Å². The van der Waals surface area contributed by atoms with Crippen LogP contribution in [0.4, 0.5) is 0 Å². The van der Waals surface area contributed by atoms with E-state index >= 15 is 0 Å². The molecule has 0 atom stereocenters. The Labute approximate surface area is 129 Å². The highest BCUT2D eigenvalue weighted by Crippen LogP contribution is 2.40. The number of carbonyl (C=O) groups is 1. The Morgan fingerprint density at radius 3 is 2.00 bits per heavy atom. The van der Waals surface area contributed by atoms with E-state index in [-0.39, 0.29) is 11.3 Å². The van der Waals surface area contributed by atoms with Gasteiger partial charge in [0.15, 0.2) is 11.5 Å². The SMILES string of the molecule is COc1ccc(C(=O)Oc2ccc(C)cc2)c(OC)c1OC. The van der Waals surface area contributed by atoms with Gasteiger partial charge in [0.1, 0.15) is 11.3 Å². The van der Waals surface area contributed by atoms with Crippen LogP contribution in [0.1, 0.15) is 15.9 Å². The molecule has 2 aromatic rings. The van der Waals surface area contributed by atoms with Crippen LogP contribution >= 0.6 is 0 Å². The summed E-state index contributed by atoms with van der Waals surface area (Å²) < 4.78 is 21.1. The van der Waals surface area contributed by atoms with Crippen molar-refractivity contribution < 1.29 is 23.7 Å². The van der Waals surface area contributed by atoms with Gasteiger partial charge in [0.2, 0.25) is 5.75 Å². The number of hydrogen-bond donors (Lipinski definition) is 0. The third kappa shape index (κ3) is 3.14. The Hall–Kier alpha value is -2.69. The molecule has 0 aliphatic rings. The Morgan fingerprint density at radius 1 is 0.818 bits per heavy atom. The molecule has 0 aliphatic heterocycles. The van der Waals surface area contributed by atoms with Crippen LogP contribution in [0, 0.1) is 6.92 Å². The van der Waals surface area contributed by atoms with Crippen LogP contribution in [-0.4, -0.2) is 27.3 Å². The molecule has 0 radical (unpaired) electrons. The van der Waals surface area contributed by atoms with Crippen molar-refractivity contribution in [2.75, 3.05) is 21.3 Å². The number of aryl methyl sites for hydroxylation is 1. The Morgan fingerprint density at radius 2 is 1.45 bits per heavy atom. The fourth-order valence-electron chi connectivity index (χ4n) is 2.03. The van der Waals surface area contributed by atoms with Gasteiger partial charge in [-0.1, -0.05) is 17.7 Å². The summed E-state index contributed by atoms with van der Waals surface area (Å²) >= 11 is 0. The molecule has 0 saturated heterocycles. The lowest BCUT2D eigenvalue weighted by Crippen LogP contribution is -2.11. The van der Waals surface area contributed by atoms with Crippen molar-refractivity contribution in [2.24, 2.45) is 0 Å². The van der Waals surface area contributed by atoms with E-state index < -0.39 is 5.97 Å². The number of esters is 1. The molecule has 0 N–H and O–H groups in total. The summed E-state index contributed by atoms with van der Waals surface area (Å²) in [5.41, 5.74) is 1.35. The molecule has 0 fully saturated rings. The lowest BCUT2D eigenvalue weighted by Gasteiger charge is -2.15. The van der Waals surface area contributed by atoms with E-state index in [0.29, 0.717) is 17.2 Å². The molecule has 0 spiro atoms.